The van der Waals surface area contributed by atoms with E-state index in [1.54, 1.807) is 13.8 Å². The van der Waals surface area contributed by atoms with Crippen LogP contribution in [0.3, 0.4) is 0 Å². The first-order chi connectivity index (χ1) is 3.46. The lowest BCUT2D eigenvalue weighted by molar-refractivity contribution is -0.467. The van der Waals surface area contributed by atoms with Crippen molar-refractivity contribution in [3.8, 4) is 0 Å². The lowest BCUT2D eigenvalue weighted by Crippen LogP contribution is -2.60. The lowest BCUT2D eigenvalue weighted by Gasteiger charge is -2.46. The monoisotopic (exact) mass is 118 g/mol. The second-order valence-electron chi connectivity index (χ2n) is 2.78. The van der Waals surface area contributed by atoms with Gasteiger partial charge in [0, 0.05) is 0 Å². The van der Waals surface area contributed by atoms with Crippen molar-refractivity contribution in [2.75, 3.05) is 6.61 Å². The predicted molar refractivity (Wildman–Crippen MR) is 26.9 cm³/mol. The van der Waals surface area contributed by atoms with Crippen LogP contribution >= 0.6 is 0 Å². The van der Waals surface area contributed by atoms with Crippen LogP contribution in [0.1, 0.15) is 13.8 Å². The first kappa shape index (κ1) is 6.01. The van der Waals surface area contributed by atoms with E-state index in [9.17, 15) is 0 Å². The van der Waals surface area contributed by atoms with Gasteiger partial charge in [0.1, 0.15) is 0 Å². The van der Waals surface area contributed by atoms with Gasteiger partial charge in [-0.2, -0.15) is 0 Å². The van der Waals surface area contributed by atoms with Gasteiger partial charge in [0.25, 0.3) is 5.97 Å². The maximum absolute atomic E-state index is 8.77. The van der Waals surface area contributed by atoms with Crippen molar-refractivity contribution in [2.45, 2.75) is 19.8 Å². The highest BCUT2D eigenvalue weighted by atomic mass is 16.8. The lowest BCUT2D eigenvalue weighted by atomic mass is 9.87. The van der Waals surface area contributed by atoms with Crippen LogP contribution in [0.4, 0.5) is 0 Å². The van der Waals surface area contributed by atoms with Gasteiger partial charge in [-0.25, -0.2) is 0 Å². The van der Waals surface area contributed by atoms with Crippen LogP contribution in [0.25, 0.3) is 0 Å². The zero-order chi connectivity index (χ0) is 6.41. The van der Waals surface area contributed by atoms with Gasteiger partial charge in [0.05, 0.1) is 12.0 Å². The van der Waals surface area contributed by atoms with E-state index in [1.165, 1.54) is 0 Å². The minimum absolute atomic E-state index is 0.417. The molecule has 0 amide bonds. The van der Waals surface area contributed by atoms with Crippen molar-refractivity contribution < 1.29 is 14.9 Å². The van der Waals surface area contributed by atoms with Crippen LogP contribution in [-0.4, -0.2) is 22.8 Å². The standard InChI is InChI=1S/C5H10O3/c1-4(2)3-8-5(4,6)7/h6-7H,3H2,1-2H3. The second-order valence-corrected chi connectivity index (χ2v) is 2.78. The number of hydrogen-bond acceptors (Lipinski definition) is 3. The van der Waals surface area contributed by atoms with E-state index >= 15 is 0 Å². The average molecular weight is 118 g/mol. The maximum Gasteiger partial charge on any atom is 0.285 e. The van der Waals surface area contributed by atoms with E-state index in [4.69, 9.17) is 10.2 Å². The zero-order valence-corrected chi connectivity index (χ0v) is 5.01. The summed E-state index contributed by atoms with van der Waals surface area (Å²) in [5, 5.41) is 17.5. The van der Waals surface area contributed by atoms with E-state index in [0.717, 1.165) is 0 Å². The van der Waals surface area contributed by atoms with Gasteiger partial charge in [-0.05, 0) is 13.8 Å². The molecule has 1 heterocycles. The Morgan fingerprint density at radius 3 is 1.75 bits per heavy atom. The molecular weight excluding hydrogens is 108 g/mol. The summed E-state index contributed by atoms with van der Waals surface area (Å²) in [5.41, 5.74) is -0.493. The SMILES string of the molecule is CC1(C)COC1(O)O. The van der Waals surface area contributed by atoms with Crippen LogP contribution in [0.5, 0.6) is 0 Å². The fraction of sp³-hybridized carbons (Fsp3) is 1.00. The second kappa shape index (κ2) is 1.23. The Morgan fingerprint density at radius 1 is 1.38 bits per heavy atom. The molecule has 0 aliphatic carbocycles. The zero-order valence-electron chi connectivity index (χ0n) is 5.01. The van der Waals surface area contributed by atoms with Gasteiger partial charge in [-0.3, -0.25) is 0 Å². The minimum Gasteiger partial charge on any atom is -0.343 e. The normalized spacial score (nSPS) is 31.5. The highest BCUT2D eigenvalue weighted by Gasteiger charge is 2.53. The Hall–Kier alpha value is -0.120. The Balaban J connectivity index is 2.63. The molecule has 0 aromatic carbocycles. The first-order valence-corrected chi connectivity index (χ1v) is 2.54. The quantitative estimate of drug-likeness (QED) is 0.429. The number of rotatable bonds is 0. The van der Waals surface area contributed by atoms with Gasteiger partial charge in [0.15, 0.2) is 0 Å². The summed E-state index contributed by atoms with van der Waals surface area (Å²) >= 11 is 0. The Bertz CT molecular complexity index is 92.2. The van der Waals surface area contributed by atoms with Gasteiger partial charge in [0.2, 0.25) is 0 Å². The van der Waals surface area contributed by atoms with Crippen LogP contribution < -0.4 is 0 Å². The molecule has 0 bridgehead atoms. The highest BCUT2D eigenvalue weighted by molar-refractivity contribution is 4.84. The van der Waals surface area contributed by atoms with Crippen LogP contribution in [-0.2, 0) is 4.74 Å². The Morgan fingerprint density at radius 2 is 1.75 bits per heavy atom. The first-order valence-electron chi connectivity index (χ1n) is 2.54. The van der Waals surface area contributed by atoms with Gasteiger partial charge in [-0.15, -0.1) is 0 Å². The molecule has 1 fully saturated rings. The molecule has 1 rings (SSSR count). The fourth-order valence-corrected chi connectivity index (χ4v) is 0.490. The van der Waals surface area contributed by atoms with Crippen molar-refractivity contribution in [2.24, 2.45) is 5.41 Å². The number of ether oxygens (including phenoxy) is 1. The fourth-order valence-electron chi connectivity index (χ4n) is 0.490. The molecule has 48 valence electrons. The summed E-state index contributed by atoms with van der Waals surface area (Å²) in [4.78, 5) is 0. The topological polar surface area (TPSA) is 49.7 Å². The molecule has 0 unspecified atom stereocenters. The van der Waals surface area contributed by atoms with Crippen LogP contribution in [0.2, 0.25) is 0 Å². The summed E-state index contributed by atoms with van der Waals surface area (Å²) < 4.78 is 4.44. The number of hydrogen-bond donors (Lipinski definition) is 2. The molecule has 0 aromatic rings. The molecule has 1 aliphatic heterocycles. The van der Waals surface area contributed by atoms with Crippen molar-refractivity contribution in [3.63, 3.8) is 0 Å². The maximum atomic E-state index is 8.77. The van der Waals surface area contributed by atoms with Crippen LogP contribution in [0.15, 0.2) is 0 Å². The number of aliphatic hydroxyl groups is 2. The predicted octanol–water partition coefficient (Wildman–Crippen LogP) is -0.319. The third-order valence-corrected chi connectivity index (χ3v) is 1.52. The molecular formula is C5H10O3. The third-order valence-electron chi connectivity index (χ3n) is 1.52. The van der Waals surface area contributed by atoms with E-state index in [2.05, 4.69) is 4.74 Å². The smallest absolute Gasteiger partial charge is 0.285 e. The highest BCUT2D eigenvalue weighted by Crippen LogP contribution is 2.39. The summed E-state index contributed by atoms with van der Waals surface area (Å²) in [6.45, 7) is 3.88. The third kappa shape index (κ3) is 0.555. The molecule has 0 atom stereocenters. The molecule has 3 nitrogen and oxygen atoms in total. The van der Waals surface area contributed by atoms with Crippen molar-refractivity contribution in [1.82, 2.24) is 0 Å². The molecule has 1 saturated heterocycles. The Labute approximate surface area is 47.9 Å². The molecule has 8 heavy (non-hydrogen) atoms. The minimum atomic E-state index is -1.88. The summed E-state index contributed by atoms with van der Waals surface area (Å²) in [5.74, 6) is -1.88. The van der Waals surface area contributed by atoms with Crippen molar-refractivity contribution in [3.05, 3.63) is 0 Å². The summed E-state index contributed by atoms with van der Waals surface area (Å²) in [6.07, 6.45) is 0. The summed E-state index contributed by atoms with van der Waals surface area (Å²) in [7, 11) is 0. The van der Waals surface area contributed by atoms with Gasteiger partial charge >= 0.3 is 0 Å². The largest absolute Gasteiger partial charge is 0.343 e. The van der Waals surface area contributed by atoms with E-state index in [0.29, 0.717) is 6.61 Å². The molecule has 0 aromatic heterocycles. The van der Waals surface area contributed by atoms with E-state index < -0.39 is 11.4 Å². The van der Waals surface area contributed by atoms with Gasteiger partial charge < -0.3 is 14.9 Å². The molecule has 2 N–H and O–H groups in total. The van der Waals surface area contributed by atoms with Crippen molar-refractivity contribution in [1.29, 1.82) is 0 Å². The van der Waals surface area contributed by atoms with Crippen molar-refractivity contribution >= 4 is 0 Å². The molecule has 0 saturated carbocycles. The molecule has 0 spiro atoms. The molecule has 3 heteroatoms. The van der Waals surface area contributed by atoms with E-state index in [-0.39, 0.29) is 0 Å². The average Bonchev–Trinajstić information content (AvgIpc) is 1.64. The van der Waals surface area contributed by atoms with Crippen LogP contribution in [0, 0.1) is 5.41 Å². The summed E-state index contributed by atoms with van der Waals surface area (Å²) in [6, 6.07) is 0. The molecule has 0 radical (unpaired) electrons. The molecule has 1 aliphatic rings. The Kier molecular flexibility index (Phi) is 0.927. The van der Waals surface area contributed by atoms with E-state index in [1.807, 2.05) is 0 Å². The van der Waals surface area contributed by atoms with Gasteiger partial charge in [-0.1, -0.05) is 0 Å².